The number of rotatable bonds is 6. The molecule has 14 rings (SSSR count). The van der Waals surface area contributed by atoms with E-state index >= 15 is 0 Å². The highest BCUT2D eigenvalue weighted by Gasteiger charge is 2.18. The van der Waals surface area contributed by atoms with Crippen LogP contribution in [-0.4, -0.2) is 0 Å². The molecule has 66 heavy (non-hydrogen) atoms. The van der Waals surface area contributed by atoms with Crippen LogP contribution in [0.4, 0.5) is 17.1 Å². The lowest BCUT2D eigenvalue weighted by molar-refractivity contribution is 0.668. The van der Waals surface area contributed by atoms with Gasteiger partial charge >= 0.3 is 0 Å². The average Bonchev–Trinajstić information content (AvgIpc) is 4.07. The summed E-state index contributed by atoms with van der Waals surface area (Å²) < 4.78 is 18.8. The van der Waals surface area contributed by atoms with Crippen molar-refractivity contribution in [3.63, 3.8) is 0 Å². The first kappa shape index (κ1) is 36.6. The van der Waals surface area contributed by atoms with Crippen LogP contribution in [0, 0.1) is 0 Å². The maximum Gasteiger partial charge on any atom is 0.136 e. The highest BCUT2D eigenvalue weighted by atomic mass is 16.3. The molecule has 0 saturated heterocycles. The van der Waals surface area contributed by atoms with Gasteiger partial charge in [-0.3, -0.25) is 0 Å². The maximum atomic E-state index is 6.47. The van der Waals surface area contributed by atoms with Crippen molar-refractivity contribution in [2.45, 2.75) is 0 Å². The van der Waals surface area contributed by atoms with E-state index in [1.54, 1.807) is 0 Å². The monoisotopic (exact) mass is 843 g/mol. The lowest BCUT2D eigenvalue weighted by Gasteiger charge is -2.26. The molecule has 0 N–H and O–H groups in total. The quantitative estimate of drug-likeness (QED) is 0.156. The van der Waals surface area contributed by atoms with E-state index in [0.717, 1.165) is 116 Å². The summed E-state index contributed by atoms with van der Waals surface area (Å²) >= 11 is 0. The third kappa shape index (κ3) is 5.79. The van der Waals surface area contributed by atoms with Crippen molar-refractivity contribution in [1.82, 2.24) is 0 Å². The van der Waals surface area contributed by atoms with Crippen molar-refractivity contribution in [2.75, 3.05) is 4.90 Å². The van der Waals surface area contributed by atoms with Crippen LogP contribution in [0.5, 0.6) is 0 Å². The van der Waals surface area contributed by atoms with Gasteiger partial charge in [-0.15, -0.1) is 0 Å². The van der Waals surface area contributed by atoms with E-state index in [1.807, 2.05) is 24.3 Å². The van der Waals surface area contributed by atoms with Crippen LogP contribution in [0.25, 0.3) is 121 Å². The second kappa shape index (κ2) is 14.3. The van der Waals surface area contributed by atoms with Gasteiger partial charge in [0.05, 0.1) is 0 Å². The molecule has 0 aliphatic rings. The molecule has 14 aromatic rings. The minimum absolute atomic E-state index is 0.889. The van der Waals surface area contributed by atoms with Gasteiger partial charge in [-0.05, 0) is 141 Å². The minimum Gasteiger partial charge on any atom is -0.456 e. The number of benzene rings is 11. The average molecular weight is 844 g/mol. The van der Waals surface area contributed by atoms with Gasteiger partial charge < -0.3 is 18.2 Å². The molecule has 3 aromatic heterocycles. The fourth-order valence-electron chi connectivity index (χ4n) is 10.2. The van der Waals surface area contributed by atoms with Crippen molar-refractivity contribution in [3.8, 4) is 33.4 Å². The molecule has 0 radical (unpaired) electrons. The molecule has 308 valence electrons. The number of furan rings is 3. The summed E-state index contributed by atoms with van der Waals surface area (Å²) in [5, 5.41) is 11.7. The molecule has 0 bridgehead atoms. The third-order valence-electron chi connectivity index (χ3n) is 13.5. The van der Waals surface area contributed by atoms with Crippen LogP contribution in [-0.2, 0) is 0 Å². The number of hydrogen-bond donors (Lipinski definition) is 0. The van der Waals surface area contributed by atoms with Crippen LogP contribution < -0.4 is 4.90 Å². The first-order valence-corrected chi connectivity index (χ1v) is 22.4. The van der Waals surface area contributed by atoms with Crippen molar-refractivity contribution in [3.05, 3.63) is 224 Å². The topological polar surface area (TPSA) is 42.7 Å². The van der Waals surface area contributed by atoms with Gasteiger partial charge in [-0.2, -0.15) is 0 Å². The number of nitrogens with zero attached hydrogens (tertiary/aromatic N) is 1. The van der Waals surface area contributed by atoms with Crippen LogP contribution in [0.15, 0.2) is 238 Å². The zero-order valence-electron chi connectivity index (χ0n) is 35.5. The van der Waals surface area contributed by atoms with Crippen LogP contribution in [0.1, 0.15) is 0 Å². The summed E-state index contributed by atoms with van der Waals surface area (Å²) in [6, 6.07) is 80.0. The Labute approximate surface area is 378 Å². The smallest absolute Gasteiger partial charge is 0.136 e. The van der Waals surface area contributed by atoms with Gasteiger partial charge in [0, 0.05) is 54.8 Å². The van der Waals surface area contributed by atoms with Crippen molar-refractivity contribution < 1.29 is 13.3 Å². The summed E-state index contributed by atoms with van der Waals surface area (Å²) in [7, 11) is 0. The zero-order valence-corrected chi connectivity index (χ0v) is 35.5. The molecule has 4 heteroatoms. The number of anilines is 3. The molecule has 4 nitrogen and oxygen atoms in total. The standard InChI is InChI=1S/C62H37NO3/c1-2-8-49-41(7-1)13-14-42-21-34-60-62(61(42)49)54-37-45(24-33-59(54)66-60)40-19-29-48(30-20-40)63(46-25-15-38(16-26-46)43-22-31-57-52(35-43)50-9-3-5-11-55(50)64-57)47-27-17-39(18-28-47)44-23-32-58-53(36-44)51-10-4-6-12-56(51)65-58/h1-37H. The van der Waals surface area contributed by atoms with E-state index < -0.39 is 0 Å². The van der Waals surface area contributed by atoms with Gasteiger partial charge in [-0.1, -0.05) is 133 Å². The van der Waals surface area contributed by atoms with Gasteiger partial charge in [0.2, 0.25) is 0 Å². The number of para-hydroxylation sites is 2. The van der Waals surface area contributed by atoms with Gasteiger partial charge in [0.25, 0.3) is 0 Å². The highest BCUT2D eigenvalue weighted by molar-refractivity contribution is 6.27. The van der Waals surface area contributed by atoms with Gasteiger partial charge in [0.15, 0.2) is 0 Å². The summed E-state index contributed by atoms with van der Waals surface area (Å²) in [6.45, 7) is 0. The predicted molar refractivity (Wildman–Crippen MR) is 274 cm³/mol. The first-order chi connectivity index (χ1) is 32.7. The first-order valence-electron chi connectivity index (χ1n) is 22.4. The van der Waals surface area contributed by atoms with E-state index in [9.17, 15) is 0 Å². The van der Waals surface area contributed by atoms with Crippen LogP contribution in [0.2, 0.25) is 0 Å². The highest BCUT2D eigenvalue weighted by Crippen LogP contribution is 2.42. The number of hydrogen-bond acceptors (Lipinski definition) is 4. The molecule has 0 saturated carbocycles. The largest absolute Gasteiger partial charge is 0.456 e. The molecular weight excluding hydrogens is 807 g/mol. The molecule has 0 amide bonds. The lowest BCUT2D eigenvalue weighted by Crippen LogP contribution is -2.09. The number of fused-ring (bicyclic) bond motifs is 13. The normalized spacial score (nSPS) is 11.9. The predicted octanol–water partition coefficient (Wildman–Crippen LogP) is 18.2. The molecule has 3 heterocycles. The second-order valence-electron chi connectivity index (χ2n) is 17.2. The van der Waals surface area contributed by atoms with Crippen molar-refractivity contribution in [2.24, 2.45) is 0 Å². The van der Waals surface area contributed by atoms with E-state index in [0.29, 0.717) is 0 Å². The fourth-order valence-corrected chi connectivity index (χ4v) is 10.2. The maximum absolute atomic E-state index is 6.47. The van der Waals surface area contributed by atoms with Crippen LogP contribution in [0.3, 0.4) is 0 Å². The Morgan fingerprint density at radius 3 is 1.12 bits per heavy atom. The summed E-state index contributed by atoms with van der Waals surface area (Å²) in [5.41, 5.74) is 15.4. The Morgan fingerprint density at radius 2 is 0.591 bits per heavy atom. The summed E-state index contributed by atoms with van der Waals surface area (Å²) in [6.07, 6.45) is 0. The van der Waals surface area contributed by atoms with E-state index in [4.69, 9.17) is 13.3 Å². The second-order valence-corrected chi connectivity index (χ2v) is 17.2. The van der Waals surface area contributed by atoms with Crippen molar-refractivity contribution in [1.29, 1.82) is 0 Å². The lowest BCUT2D eigenvalue weighted by atomic mass is 9.96. The molecule has 0 spiro atoms. The minimum atomic E-state index is 0.889. The Hall–Kier alpha value is -8.86. The Balaban J connectivity index is 0.854. The Morgan fingerprint density at radius 1 is 0.227 bits per heavy atom. The van der Waals surface area contributed by atoms with Gasteiger partial charge in [0.1, 0.15) is 33.5 Å². The third-order valence-corrected chi connectivity index (χ3v) is 13.5. The van der Waals surface area contributed by atoms with Crippen LogP contribution >= 0.6 is 0 Å². The molecule has 0 atom stereocenters. The fraction of sp³-hybridized carbons (Fsp3) is 0. The Kier molecular flexibility index (Phi) is 7.95. The summed E-state index contributed by atoms with van der Waals surface area (Å²) in [5.74, 6) is 0. The zero-order chi connectivity index (χ0) is 43.3. The van der Waals surface area contributed by atoms with E-state index in [2.05, 4.69) is 205 Å². The molecule has 11 aromatic carbocycles. The van der Waals surface area contributed by atoms with E-state index in [-0.39, 0.29) is 0 Å². The Bertz CT molecular complexity index is 4050. The van der Waals surface area contributed by atoms with Crippen molar-refractivity contribution >= 4 is 104 Å². The molecule has 0 aliphatic heterocycles. The summed E-state index contributed by atoms with van der Waals surface area (Å²) in [4.78, 5) is 2.33. The molecule has 0 fully saturated rings. The molecule has 0 aliphatic carbocycles. The van der Waals surface area contributed by atoms with E-state index in [1.165, 1.54) is 21.5 Å². The van der Waals surface area contributed by atoms with Gasteiger partial charge in [-0.25, -0.2) is 0 Å². The molecule has 0 unspecified atom stereocenters. The SMILES string of the molecule is c1ccc2c(c1)ccc1ccc3oc4ccc(-c5ccc(N(c6ccc(-c7ccc8oc9ccccc9c8c7)cc6)c6ccc(-c7ccc8oc9ccccc9c8c7)cc6)cc5)cc4c3c12. The molecular formula is C62H37NO3.